The Morgan fingerprint density at radius 3 is 2.92 bits per heavy atom. The van der Waals surface area contributed by atoms with Crippen LogP contribution >= 0.6 is 0 Å². The highest BCUT2D eigenvalue weighted by Gasteiger charge is 2.13. The van der Waals surface area contributed by atoms with Crippen molar-refractivity contribution in [1.29, 1.82) is 5.26 Å². The zero-order valence-electron chi connectivity index (χ0n) is 13.0. The van der Waals surface area contributed by atoms with Crippen LogP contribution in [-0.4, -0.2) is 25.9 Å². The van der Waals surface area contributed by atoms with Crippen molar-refractivity contribution in [2.24, 2.45) is 0 Å². The third kappa shape index (κ3) is 3.76. The maximum atomic E-state index is 11.8. The molecule has 1 heterocycles. The van der Waals surface area contributed by atoms with E-state index in [9.17, 15) is 4.79 Å². The number of nitrogens with zero attached hydrogens (tertiary/aromatic N) is 1. The molecule has 3 rings (SSSR count). The van der Waals surface area contributed by atoms with E-state index in [1.54, 1.807) is 24.3 Å². The summed E-state index contributed by atoms with van der Waals surface area (Å²) in [5.74, 6) is 1.65. The average molecular weight is 324 g/mol. The largest absolute Gasteiger partial charge is 0.482 e. The Hall–Kier alpha value is -3.20. The normalized spacial score (nSPS) is 11.6. The summed E-state index contributed by atoms with van der Waals surface area (Å²) in [5.41, 5.74) is 1.46. The van der Waals surface area contributed by atoms with Gasteiger partial charge in [-0.25, -0.2) is 0 Å². The molecule has 1 aliphatic heterocycles. The van der Waals surface area contributed by atoms with Crippen molar-refractivity contribution in [1.82, 2.24) is 5.32 Å². The number of benzene rings is 2. The van der Waals surface area contributed by atoms with E-state index in [1.807, 2.05) is 24.3 Å². The Labute approximate surface area is 139 Å². The van der Waals surface area contributed by atoms with Crippen LogP contribution in [0.1, 0.15) is 11.1 Å². The van der Waals surface area contributed by atoms with Crippen molar-refractivity contribution in [3.63, 3.8) is 0 Å². The number of hydrogen-bond donors (Lipinski definition) is 1. The second kappa shape index (κ2) is 7.38. The third-order valence-corrected chi connectivity index (χ3v) is 3.54. The summed E-state index contributed by atoms with van der Waals surface area (Å²) >= 11 is 0. The van der Waals surface area contributed by atoms with Crippen molar-refractivity contribution in [2.75, 3.05) is 19.9 Å². The molecule has 0 spiro atoms. The third-order valence-electron chi connectivity index (χ3n) is 3.54. The van der Waals surface area contributed by atoms with Crippen molar-refractivity contribution in [2.45, 2.75) is 6.42 Å². The van der Waals surface area contributed by atoms with Crippen molar-refractivity contribution < 1.29 is 19.0 Å². The molecule has 122 valence electrons. The number of carbonyl (C=O) groups is 1. The Morgan fingerprint density at radius 1 is 1.21 bits per heavy atom. The summed E-state index contributed by atoms with van der Waals surface area (Å²) in [5, 5.41) is 11.8. The van der Waals surface area contributed by atoms with E-state index in [2.05, 4.69) is 5.32 Å². The Bertz CT molecular complexity index is 783. The van der Waals surface area contributed by atoms with Crippen LogP contribution in [0.5, 0.6) is 17.2 Å². The second-order valence-electron chi connectivity index (χ2n) is 5.18. The molecular weight excluding hydrogens is 308 g/mol. The lowest BCUT2D eigenvalue weighted by Gasteiger charge is -2.09. The molecule has 1 aliphatic rings. The lowest BCUT2D eigenvalue weighted by molar-refractivity contribution is -0.123. The van der Waals surface area contributed by atoms with Crippen LogP contribution in [0, 0.1) is 11.3 Å². The van der Waals surface area contributed by atoms with E-state index in [4.69, 9.17) is 19.5 Å². The zero-order chi connectivity index (χ0) is 16.8. The molecule has 2 aromatic rings. The predicted molar refractivity (Wildman–Crippen MR) is 85.9 cm³/mol. The summed E-state index contributed by atoms with van der Waals surface area (Å²) in [6.07, 6.45) is 0.678. The molecular formula is C18H16N2O4. The molecule has 1 N–H and O–H groups in total. The van der Waals surface area contributed by atoms with E-state index in [-0.39, 0.29) is 19.3 Å². The maximum Gasteiger partial charge on any atom is 0.257 e. The van der Waals surface area contributed by atoms with Gasteiger partial charge in [-0.1, -0.05) is 18.2 Å². The number of amides is 1. The van der Waals surface area contributed by atoms with Crippen molar-refractivity contribution in [3.05, 3.63) is 53.6 Å². The van der Waals surface area contributed by atoms with Gasteiger partial charge < -0.3 is 19.5 Å². The van der Waals surface area contributed by atoms with Crippen molar-refractivity contribution in [3.8, 4) is 23.3 Å². The first-order valence-corrected chi connectivity index (χ1v) is 7.53. The first kappa shape index (κ1) is 15.7. The molecule has 2 aromatic carbocycles. The molecule has 0 bridgehead atoms. The molecule has 0 unspecified atom stereocenters. The SMILES string of the molecule is N#Cc1ccccc1OCC(=O)NCCc1ccc2c(c1)OCO2. The molecule has 0 radical (unpaired) electrons. The Balaban J connectivity index is 1.44. The number of rotatable bonds is 6. The van der Waals surface area contributed by atoms with Gasteiger partial charge in [0.1, 0.15) is 11.8 Å². The van der Waals surface area contributed by atoms with Crippen LogP contribution in [-0.2, 0) is 11.2 Å². The minimum absolute atomic E-state index is 0.125. The van der Waals surface area contributed by atoms with Crippen LogP contribution in [0.15, 0.2) is 42.5 Å². The van der Waals surface area contributed by atoms with Gasteiger partial charge in [0.25, 0.3) is 5.91 Å². The number of carbonyl (C=O) groups excluding carboxylic acids is 1. The van der Waals surface area contributed by atoms with Crippen LogP contribution in [0.2, 0.25) is 0 Å². The maximum absolute atomic E-state index is 11.8. The van der Waals surface area contributed by atoms with Gasteiger partial charge in [0.05, 0.1) is 5.56 Å². The number of ether oxygens (including phenoxy) is 3. The first-order valence-electron chi connectivity index (χ1n) is 7.53. The smallest absolute Gasteiger partial charge is 0.257 e. The van der Waals surface area contributed by atoms with Crippen molar-refractivity contribution >= 4 is 5.91 Å². The fraction of sp³-hybridized carbons (Fsp3) is 0.222. The Morgan fingerprint density at radius 2 is 2.04 bits per heavy atom. The van der Waals surface area contributed by atoms with Gasteiger partial charge in [0.2, 0.25) is 6.79 Å². The Kier molecular flexibility index (Phi) is 4.82. The fourth-order valence-corrected chi connectivity index (χ4v) is 2.32. The highest BCUT2D eigenvalue weighted by molar-refractivity contribution is 5.77. The van der Waals surface area contributed by atoms with Gasteiger partial charge in [-0.15, -0.1) is 0 Å². The molecule has 24 heavy (non-hydrogen) atoms. The second-order valence-corrected chi connectivity index (χ2v) is 5.18. The van der Waals surface area contributed by atoms with E-state index in [1.165, 1.54) is 0 Å². The van der Waals surface area contributed by atoms with E-state index >= 15 is 0 Å². The molecule has 0 fully saturated rings. The van der Waals surface area contributed by atoms with Gasteiger partial charge in [-0.2, -0.15) is 5.26 Å². The zero-order valence-corrected chi connectivity index (χ0v) is 13.0. The molecule has 1 amide bonds. The number of para-hydroxylation sites is 1. The molecule has 0 atom stereocenters. The van der Waals surface area contributed by atoms with Crippen LogP contribution in [0.4, 0.5) is 0 Å². The van der Waals surface area contributed by atoms with Crippen LogP contribution < -0.4 is 19.5 Å². The van der Waals surface area contributed by atoms with Gasteiger partial charge in [-0.3, -0.25) is 4.79 Å². The number of nitrogens with one attached hydrogen (secondary N) is 1. The first-order chi connectivity index (χ1) is 11.8. The monoisotopic (exact) mass is 324 g/mol. The van der Waals surface area contributed by atoms with Crippen LogP contribution in [0.25, 0.3) is 0 Å². The highest BCUT2D eigenvalue weighted by atomic mass is 16.7. The van der Waals surface area contributed by atoms with E-state index < -0.39 is 0 Å². The van der Waals surface area contributed by atoms with Gasteiger partial charge >= 0.3 is 0 Å². The quantitative estimate of drug-likeness (QED) is 0.879. The molecule has 0 aromatic heterocycles. The number of hydrogen-bond acceptors (Lipinski definition) is 5. The molecule has 6 heteroatoms. The summed E-state index contributed by atoms with van der Waals surface area (Å²) in [6.45, 7) is 0.610. The molecule has 0 saturated carbocycles. The molecule has 0 saturated heterocycles. The molecule has 6 nitrogen and oxygen atoms in total. The standard InChI is InChI=1S/C18H16N2O4/c19-10-14-3-1-2-4-15(14)22-11-18(21)20-8-7-13-5-6-16-17(9-13)24-12-23-16/h1-6,9H,7-8,11-12H2,(H,20,21). The van der Waals surface area contributed by atoms with Gasteiger partial charge in [-0.05, 0) is 36.2 Å². The summed E-state index contributed by atoms with van der Waals surface area (Å²) in [7, 11) is 0. The van der Waals surface area contributed by atoms with Crippen LogP contribution in [0.3, 0.4) is 0 Å². The highest BCUT2D eigenvalue weighted by Crippen LogP contribution is 2.32. The summed E-state index contributed by atoms with van der Waals surface area (Å²) in [4.78, 5) is 11.8. The average Bonchev–Trinajstić information content (AvgIpc) is 3.08. The minimum Gasteiger partial charge on any atom is -0.482 e. The minimum atomic E-state index is -0.233. The predicted octanol–water partition coefficient (Wildman–Crippen LogP) is 2.02. The van der Waals surface area contributed by atoms with Gasteiger partial charge in [0.15, 0.2) is 18.1 Å². The topological polar surface area (TPSA) is 80.6 Å². The van der Waals surface area contributed by atoms with E-state index in [0.717, 1.165) is 17.1 Å². The summed E-state index contributed by atoms with van der Waals surface area (Å²) < 4.78 is 16.0. The number of nitriles is 1. The van der Waals surface area contributed by atoms with Gasteiger partial charge in [0, 0.05) is 6.54 Å². The lowest BCUT2D eigenvalue weighted by Crippen LogP contribution is -2.30. The molecule has 0 aliphatic carbocycles. The fourth-order valence-electron chi connectivity index (χ4n) is 2.32. The lowest BCUT2D eigenvalue weighted by atomic mass is 10.1. The van der Waals surface area contributed by atoms with E-state index in [0.29, 0.717) is 24.3 Å². The number of fused-ring (bicyclic) bond motifs is 1. The summed E-state index contributed by atoms with van der Waals surface area (Å²) in [6, 6.07) is 14.6.